The highest BCUT2D eigenvalue weighted by Gasteiger charge is 2.26. The third-order valence-corrected chi connectivity index (χ3v) is 3.31. The molecule has 1 aliphatic carbocycles. The van der Waals surface area contributed by atoms with Gasteiger partial charge in [-0.15, -0.1) is 0 Å². The van der Waals surface area contributed by atoms with Crippen LogP contribution in [0.4, 0.5) is 4.39 Å². The Morgan fingerprint density at radius 2 is 2.05 bits per heavy atom. The van der Waals surface area contributed by atoms with E-state index in [4.69, 9.17) is 16.3 Å². The summed E-state index contributed by atoms with van der Waals surface area (Å²) in [6, 6.07) is 6.34. The van der Waals surface area contributed by atoms with E-state index in [1.54, 1.807) is 18.2 Å². The van der Waals surface area contributed by atoms with Crippen LogP contribution in [0.1, 0.15) is 24.5 Å². The van der Waals surface area contributed by atoms with E-state index in [-0.39, 0.29) is 5.75 Å². The average Bonchev–Trinajstić information content (AvgIpc) is 3.23. The molecule has 0 amide bonds. The molecule has 2 aromatic rings. The molecule has 0 saturated heterocycles. The van der Waals surface area contributed by atoms with Crippen LogP contribution in [0.5, 0.6) is 5.75 Å². The zero-order valence-corrected chi connectivity index (χ0v) is 11.1. The summed E-state index contributed by atoms with van der Waals surface area (Å²) in [6.07, 6.45) is 2.28. The van der Waals surface area contributed by atoms with E-state index in [0.717, 1.165) is 18.5 Å². The van der Waals surface area contributed by atoms with Crippen LogP contribution >= 0.6 is 11.6 Å². The lowest BCUT2D eigenvalue weighted by Crippen LogP contribution is -1.96. The first-order chi connectivity index (χ1) is 9.17. The Kier molecular flexibility index (Phi) is 3.11. The molecule has 1 aromatic heterocycles. The van der Waals surface area contributed by atoms with Gasteiger partial charge in [0.25, 0.3) is 0 Å². The summed E-state index contributed by atoms with van der Waals surface area (Å²) < 4.78 is 18.4. The lowest BCUT2D eigenvalue weighted by atomic mass is 10.2. The number of hydrogen-bond acceptors (Lipinski definition) is 3. The fourth-order valence-corrected chi connectivity index (χ4v) is 2.14. The molecule has 19 heavy (non-hydrogen) atoms. The Balaban J connectivity index is 2.05. The summed E-state index contributed by atoms with van der Waals surface area (Å²) in [5.74, 6) is 0.763. The number of halogens is 2. The zero-order valence-electron chi connectivity index (χ0n) is 10.4. The van der Waals surface area contributed by atoms with Crippen molar-refractivity contribution >= 4 is 11.6 Å². The van der Waals surface area contributed by atoms with Gasteiger partial charge in [0.15, 0.2) is 17.4 Å². The maximum absolute atomic E-state index is 13.4. The molecule has 3 rings (SSSR count). The van der Waals surface area contributed by atoms with Gasteiger partial charge in [0, 0.05) is 17.2 Å². The first kappa shape index (κ1) is 12.4. The third kappa shape index (κ3) is 2.54. The molecule has 1 aliphatic rings. The standard InChI is InChI=1S/C14H12ClFN2O/c1-19-12-6-9(4-5-10(12)16)14-17-11(8-2-3-8)7-13(15)18-14/h4-8H,2-3H2,1H3. The molecular formula is C14H12ClFN2O. The minimum Gasteiger partial charge on any atom is -0.494 e. The zero-order chi connectivity index (χ0) is 13.4. The molecule has 1 aromatic carbocycles. The van der Waals surface area contributed by atoms with Crippen molar-refractivity contribution in [2.45, 2.75) is 18.8 Å². The number of rotatable bonds is 3. The summed E-state index contributed by atoms with van der Waals surface area (Å²) in [5.41, 5.74) is 1.65. The van der Waals surface area contributed by atoms with E-state index in [9.17, 15) is 4.39 Å². The maximum atomic E-state index is 13.4. The Morgan fingerprint density at radius 3 is 2.74 bits per heavy atom. The summed E-state index contributed by atoms with van der Waals surface area (Å²) in [4.78, 5) is 8.69. The molecule has 0 spiro atoms. The molecule has 0 radical (unpaired) electrons. The van der Waals surface area contributed by atoms with E-state index < -0.39 is 5.82 Å². The van der Waals surface area contributed by atoms with Gasteiger partial charge in [-0.05, 0) is 37.1 Å². The molecule has 0 aliphatic heterocycles. The van der Waals surface area contributed by atoms with Crippen LogP contribution in [0.25, 0.3) is 11.4 Å². The van der Waals surface area contributed by atoms with Gasteiger partial charge in [0.2, 0.25) is 0 Å². The summed E-state index contributed by atoms with van der Waals surface area (Å²) in [7, 11) is 1.43. The smallest absolute Gasteiger partial charge is 0.165 e. The Hall–Kier alpha value is -1.68. The molecule has 1 saturated carbocycles. The van der Waals surface area contributed by atoms with Gasteiger partial charge in [0.05, 0.1) is 7.11 Å². The SMILES string of the molecule is COc1cc(-c2nc(Cl)cc(C3CC3)n2)ccc1F. The van der Waals surface area contributed by atoms with Crippen LogP contribution in [-0.4, -0.2) is 17.1 Å². The van der Waals surface area contributed by atoms with Gasteiger partial charge in [-0.25, -0.2) is 14.4 Å². The van der Waals surface area contributed by atoms with Gasteiger partial charge in [-0.3, -0.25) is 0 Å². The third-order valence-electron chi connectivity index (χ3n) is 3.12. The second-order valence-corrected chi connectivity index (χ2v) is 4.95. The second-order valence-electron chi connectivity index (χ2n) is 4.56. The first-order valence-corrected chi connectivity index (χ1v) is 6.43. The largest absolute Gasteiger partial charge is 0.494 e. The van der Waals surface area contributed by atoms with Crippen LogP contribution in [0, 0.1) is 5.82 Å². The van der Waals surface area contributed by atoms with Crippen molar-refractivity contribution in [3.8, 4) is 17.1 Å². The van der Waals surface area contributed by atoms with Crippen molar-refractivity contribution in [3.05, 3.63) is 40.9 Å². The van der Waals surface area contributed by atoms with Crippen molar-refractivity contribution < 1.29 is 9.13 Å². The van der Waals surface area contributed by atoms with Crippen LogP contribution in [0.3, 0.4) is 0 Å². The molecule has 0 unspecified atom stereocenters. The molecule has 1 fully saturated rings. The summed E-state index contributed by atoms with van der Waals surface area (Å²) in [6.45, 7) is 0. The van der Waals surface area contributed by atoms with E-state index in [1.807, 2.05) is 0 Å². The van der Waals surface area contributed by atoms with E-state index in [0.29, 0.717) is 22.5 Å². The number of nitrogens with zero attached hydrogens (tertiary/aromatic N) is 2. The van der Waals surface area contributed by atoms with E-state index >= 15 is 0 Å². The van der Waals surface area contributed by atoms with Crippen LogP contribution in [0.2, 0.25) is 5.15 Å². The Bertz CT molecular complexity index is 629. The summed E-state index contributed by atoms with van der Waals surface area (Å²) >= 11 is 6.02. The van der Waals surface area contributed by atoms with Crippen molar-refractivity contribution in [1.82, 2.24) is 9.97 Å². The highest BCUT2D eigenvalue weighted by atomic mass is 35.5. The monoisotopic (exact) mass is 278 g/mol. The lowest BCUT2D eigenvalue weighted by molar-refractivity contribution is 0.386. The van der Waals surface area contributed by atoms with Gasteiger partial charge in [0.1, 0.15) is 5.15 Å². The maximum Gasteiger partial charge on any atom is 0.165 e. The predicted molar refractivity (Wildman–Crippen MR) is 71.0 cm³/mol. The van der Waals surface area contributed by atoms with Crippen molar-refractivity contribution in [3.63, 3.8) is 0 Å². The van der Waals surface area contributed by atoms with Gasteiger partial charge >= 0.3 is 0 Å². The minimum atomic E-state index is -0.407. The fraction of sp³-hybridized carbons (Fsp3) is 0.286. The first-order valence-electron chi connectivity index (χ1n) is 6.06. The molecule has 98 valence electrons. The van der Waals surface area contributed by atoms with E-state index in [1.165, 1.54) is 13.2 Å². The number of benzene rings is 1. The molecule has 3 nitrogen and oxygen atoms in total. The molecule has 5 heteroatoms. The molecule has 0 bridgehead atoms. The summed E-state index contributed by atoms with van der Waals surface area (Å²) in [5, 5.41) is 0.412. The quantitative estimate of drug-likeness (QED) is 0.801. The van der Waals surface area contributed by atoms with Crippen LogP contribution < -0.4 is 4.74 Å². The molecule has 1 heterocycles. The predicted octanol–water partition coefficient (Wildman–Crippen LogP) is 3.82. The second kappa shape index (κ2) is 4.78. The normalized spacial score (nSPS) is 14.5. The number of aromatic nitrogens is 2. The topological polar surface area (TPSA) is 35.0 Å². The highest BCUT2D eigenvalue weighted by molar-refractivity contribution is 6.29. The van der Waals surface area contributed by atoms with E-state index in [2.05, 4.69) is 9.97 Å². The molecular weight excluding hydrogens is 267 g/mol. The van der Waals surface area contributed by atoms with Crippen molar-refractivity contribution in [2.75, 3.05) is 7.11 Å². The average molecular weight is 279 g/mol. The van der Waals surface area contributed by atoms with Crippen molar-refractivity contribution in [2.24, 2.45) is 0 Å². The van der Waals surface area contributed by atoms with Gasteiger partial charge < -0.3 is 4.74 Å². The number of methoxy groups -OCH3 is 1. The number of ether oxygens (including phenoxy) is 1. The van der Waals surface area contributed by atoms with Gasteiger partial charge in [-0.2, -0.15) is 0 Å². The Morgan fingerprint density at radius 1 is 1.26 bits per heavy atom. The van der Waals surface area contributed by atoms with Gasteiger partial charge in [-0.1, -0.05) is 11.6 Å². The van der Waals surface area contributed by atoms with Crippen molar-refractivity contribution in [1.29, 1.82) is 0 Å². The van der Waals surface area contributed by atoms with Crippen LogP contribution in [-0.2, 0) is 0 Å². The van der Waals surface area contributed by atoms with Crippen LogP contribution in [0.15, 0.2) is 24.3 Å². The molecule has 0 N–H and O–H groups in total. The fourth-order valence-electron chi connectivity index (χ4n) is 1.95. The highest BCUT2D eigenvalue weighted by Crippen LogP contribution is 2.40. The number of hydrogen-bond donors (Lipinski definition) is 0. The lowest BCUT2D eigenvalue weighted by Gasteiger charge is -2.07. The minimum absolute atomic E-state index is 0.175. The molecule has 0 atom stereocenters. The Labute approximate surface area is 115 Å².